The van der Waals surface area contributed by atoms with Crippen LogP contribution >= 0.6 is 11.8 Å². The molecule has 0 N–H and O–H groups in total. The molecule has 1 aliphatic heterocycles. The van der Waals surface area contributed by atoms with Crippen molar-refractivity contribution in [3.05, 3.63) is 11.1 Å². The maximum atomic E-state index is 4.32. The van der Waals surface area contributed by atoms with Crippen molar-refractivity contribution < 1.29 is 0 Å². The Morgan fingerprint density at radius 3 is 2.46 bits per heavy atom. The molecular formula is C11H19NS. The second kappa shape index (κ2) is 4.32. The van der Waals surface area contributed by atoms with E-state index in [0.717, 1.165) is 0 Å². The van der Waals surface area contributed by atoms with E-state index >= 15 is 0 Å². The lowest BCUT2D eigenvalue weighted by Gasteiger charge is -2.27. The van der Waals surface area contributed by atoms with Gasteiger partial charge in [0.1, 0.15) is 0 Å². The van der Waals surface area contributed by atoms with E-state index in [1.54, 1.807) is 0 Å². The molecule has 0 aromatic heterocycles. The zero-order chi connectivity index (χ0) is 9.90. The van der Waals surface area contributed by atoms with Crippen molar-refractivity contribution in [1.82, 2.24) is 0 Å². The normalized spacial score (nSPS) is 20.5. The topological polar surface area (TPSA) is 12.4 Å². The average Bonchev–Trinajstić information content (AvgIpc) is 2.05. The van der Waals surface area contributed by atoms with E-state index in [1.165, 1.54) is 17.7 Å². The summed E-state index contributed by atoms with van der Waals surface area (Å²) in [6.07, 6.45) is 6.51. The fourth-order valence-electron chi connectivity index (χ4n) is 1.53. The summed E-state index contributed by atoms with van der Waals surface area (Å²) in [5.74, 6) is 0.710. The summed E-state index contributed by atoms with van der Waals surface area (Å²) in [6, 6.07) is 0. The summed E-state index contributed by atoms with van der Waals surface area (Å²) in [6.45, 7) is 8.94. The van der Waals surface area contributed by atoms with Crippen LogP contribution in [0.15, 0.2) is 16.1 Å². The lowest BCUT2D eigenvalue weighted by molar-refractivity contribution is 0.594. The number of thioether (sulfide) groups is 1. The first-order valence-electron chi connectivity index (χ1n) is 5.02. The fraction of sp³-hybridized carbons (Fsp3) is 0.727. The van der Waals surface area contributed by atoms with Crippen LogP contribution in [0.1, 0.15) is 40.5 Å². The highest BCUT2D eigenvalue weighted by Gasteiger charge is 2.24. The molecule has 1 heterocycles. The van der Waals surface area contributed by atoms with E-state index in [9.17, 15) is 0 Å². The summed E-state index contributed by atoms with van der Waals surface area (Å²) in [4.78, 5) is 5.78. The Balaban J connectivity index is 2.71. The van der Waals surface area contributed by atoms with E-state index in [0.29, 0.717) is 5.92 Å². The standard InChI is InChI=1S/C11H19NS/c1-5-9(6-2)10-7-12-8-11(3,4)13-10/h7-9H,5-6H2,1-4H3. The molecule has 74 valence electrons. The van der Waals surface area contributed by atoms with Gasteiger partial charge >= 0.3 is 0 Å². The van der Waals surface area contributed by atoms with Gasteiger partial charge in [-0.25, -0.2) is 0 Å². The fourth-order valence-corrected chi connectivity index (χ4v) is 2.86. The molecule has 1 aliphatic rings. The number of hydrogen-bond donors (Lipinski definition) is 0. The van der Waals surface area contributed by atoms with Crippen molar-refractivity contribution in [1.29, 1.82) is 0 Å². The Morgan fingerprint density at radius 2 is 2.00 bits per heavy atom. The zero-order valence-corrected chi connectivity index (χ0v) is 9.82. The minimum atomic E-state index is 0.187. The van der Waals surface area contributed by atoms with Gasteiger partial charge in [-0.2, -0.15) is 0 Å². The number of hydrogen-bond acceptors (Lipinski definition) is 2. The minimum absolute atomic E-state index is 0.187. The van der Waals surface area contributed by atoms with Gasteiger partial charge in [0, 0.05) is 22.1 Å². The lowest BCUT2D eigenvalue weighted by atomic mass is 10.0. The highest BCUT2D eigenvalue weighted by molar-refractivity contribution is 8.05. The predicted octanol–water partition coefficient (Wildman–Crippen LogP) is 3.86. The molecule has 0 saturated heterocycles. The number of allylic oxidation sites excluding steroid dienone is 1. The molecule has 0 radical (unpaired) electrons. The molecule has 0 fully saturated rings. The van der Waals surface area contributed by atoms with Crippen LogP contribution in [-0.4, -0.2) is 11.0 Å². The Bertz CT molecular complexity index is 224. The summed E-state index contributed by atoms with van der Waals surface area (Å²) < 4.78 is 0.187. The molecule has 2 heteroatoms. The molecule has 0 saturated carbocycles. The summed E-state index contributed by atoms with van der Waals surface area (Å²) in [7, 11) is 0. The molecule has 0 aromatic carbocycles. The molecule has 13 heavy (non-hydrogen) atoms. The van der Waals surface area contributed by atoms with Gasteiger partial charge in [-0.1, -0.05) is 13.8 Å². The van der Waals surface area contributed by atoms with Crippen molar-refractivity contribution in [3.63, 3.8) is 0 Å². The zero-order valence-electron chi connectivity index (χ0n) is 9.00. The van der Waals surface area contributed by atoms with Gasteiger partial charge in [0.25, 0.3) is 0 Å². The Hall–Kier alpha value is -0.240. The van der Waals surface area contributed by atoms with Gasteiger partial charge < -0.3 is 0 Å². The van der Waals surface area contributed by atoms with E-state index < -0.39 is 0 Å². The van der Waals surface area contributed by atoms with Crippen LogP contribution < -0.4 is 0 Å². The minimum Gasteiger partial charge on any atom is -0.267 e. The van der Waals surface area contributed by atoms with Gasteiger partial charge in [0.05, 0.1) is 0 Å². The largest absolute Gasteiger partial charge is 0.267 e. The smallest absolute Gasteiger partial charge is 0.0499 e. The van der Waals surface area contributed by atoms with Gasteiger partial charge in [-0.05, 0) is 32.6 Å². The molecule has 0 bridgehead atoms. The van der Waals surface area contributed by atoms with Gasteiger partial charge in [-0.3, -0.25) is 4.99 Å². The third-order valence-corrected chi connectivity index (χ3v) is 3.66. The molecule has 1 nitrogen and oxygen atoms in total. The second-order valence-electron chi connectivity index (χ2n) is 4.03. The molecular weight excluding hydrogens is 178 g/mol. The molecule has 0 unspecified atom stereocenters. The Labute approximate surface area is 85.7 Å². The molecule has 1 rings (SSSR count). The van der Waals surface area contributed by atoms with Crippen molar-refractivity contribution in [2.75, 3.05) is 0 Å². The first-order valence-corrected chi connectivity index (χ1v) is 5.84. The second-order valence-corrected chi connectivity index (χ2v) is 5.76. The maximum absolute atomic E-state index is 4.32. The van der Waals surface area contributed by atoms with Crippen LogP contribution in [0.3, 0.4) is 0 Å². The first kappa shape index (κ1) is 10.8. The molecule has 0 aliphatic carbocycles. The lowest BCUT2D eigenvalue weighted by Crippen LogP contribution is -2.20. The Kier molecular flexibility index (Phi) is 3.60. The van der Waals surface area contributed by atoms with E-state index in [4.69, 9.17) is 0 Å². The maximum Gasteiger partial charge on any atom is 0.0499 e. The van der Waals surface area contributed by atoms with E-state index in [1.807, 2.05) is 24.2 Å². The number of aliphatic imine (C=N–C) groups is 1. The molecule has 0 spiro atoms. The van der Waals surface area contributed by atoms with Crippen LogP contribution in [0, 0.1) is 5.92 Å². The van der Waals surface area contributed by atoms with Crippen LogP contribution in [-0.2, 0) is 0 Å². The molecule has 0 amide bonds. The van der Waals surface area contributed by atoms with Gasteiger partial charge in [0.2, 0.25) is 0 Å². The van der Waals surface area contributed by atoms with E-state index in [-0.39, 0.29) is 4.75 Å². The van der Waals surface area contributed by atoms with Crippen molar-refractivity contribution >= 4 is 18.0 Å². The quantitative estimate of drug-likeness (QED) is 0.669. The third-order valence-electron chi connectivity index (χ3n) is 2.36. The summed E-state index contributed by atoms with van der Waals surface area (Å²) >= 11 is 1.96. The summed E-state index contributed by atoms with van der Waals surface area (Å²) in [5, 5.41) is 0. The monoisotopic (exact) mass is 197 g/mol. The third kappa shape index (κ3) is 2.87. The highest BCUT2D eigenvalue weighted by atomic mass is 32.2. The highest BCUT2D eigenvalue weighted by Crippen LogP contribution is 2.39. The van der Waals surface area contributed by atoms with Crippen LogP contribution in [0.25, 0.3) is 0 Å². The van der Waals surface area contributed by atoms with Gasteiger partial charge in [0.15, 0.2) is 0 Å². The van der Waals surface area contributed by atoms with Crippen LogP contribution in [0.4, 0.5) is 0 Å². The van der Waals surface area contributed by atoms with E-state index in [2.05, 4.69) is 32.7 Å². The van der Waals surface area contributed by atoms with Gasteiger partial charge in [-0.15, -0.1) is 11.8 Å². The first-order chi connectivity index (χ1) is 6.09. The number of rotatable bonds is 3. The van der Waals surface area contributed by atoms with Crippen molar-refractivity contribution in [3.8, 4) is 0 Å². The van der Waals surface area contributed by atoms with Crippen molar-refractivity contribution in [2.45, 2.75) is 45.3 Å². The SMILES string of the molecule is CCC(CC)C1=CN=CC(C)(C)S1. The molecule has 0 aromatic rings. The Morgan fingerprint density at radius 1 is 1.38 bits per heavy atom. The molecule has 0 atom stereocenters. The van der Waals surface area contributed by atoms with Crippen LogP contribution in [0.2, 0.25) is 0 Å². The predicted molar refractivity (Wildman–Crippen MR) is 62.3 cm³/mol. The van der Waals surface area contributed by atoms with Crippen molar-refractivity contribution in [2.24, 2.45) is 10.9 Å². The average molecular weight is 197 g/mol. The number of nitrogens with zero attached hydrogens (tertiary/aromatic N) is 1. The summed E-state index contributed by atoms with van der Waals surface area (Å²) in [5.41, 5.74) is 0. The van der Waals surface area contributed by atoms with Crippen LogP contribution in [0.5, 0.6) is 0 Å².